The van der Waals surface area contributed by atoms with Crippen LogP contribution in [0.2, 0.25) is 5.15 Å². The van der Waals surface area contributed by atoms with E-state index in [-0.39, 0.29) is 17.7 Å². The Morgan fingerprint density at radius 2 is 1.73 bits per heavy atom. The van der Waals surface area contributed by atoms with E-state index in [4.69, 9.17) is 11.6 Å². The number of hydrogen-bond donors (Lipinski definition) is 0. The zero-order valence-corrected chi connectivity index (χ0v) is 13.3. The van der Waals surface area contributed by atoms with E-state index in [1.54, 1.807) is 17.0 Å². The van der Waals surface area contributed by atoms with Crippen molar-refractivity contribution in [3.05, 3.63) is 29.0 Å². The number of pyridine rings is 1. The second-order valence-electron chi connectivity index (χ2n) is 5.97. The summed E-state index contributed by atoms with van der Waals surface area (Å²) in [5.41, 5.74) is 0.550. The van der Waals surface area contributed by atoms with Crippen molar-refractivity contribution < 1.29 is 9.59 Å². The third-order valence-corrected chi connectivity index (χ3v) is 4.75. The van der Waals surface area contributed by atoms with E-state index in [0.717, 1.165) is 38.8 Å². The smallest absolute Gasteiger partial charge is 0.255 e. The van der Waals surface area contributed by atoms with E-state index in [1.165, 1.54) is 6.20 Å². The highest BCUT2D eigenvalue weighted by molar-refractivity contribution is 6.29. The highest BCUT2D eigenvalue weighted by Crippen LogP contribution is 2.23. The number of rotatable bonds is 2. The normalized spacial score (nSPS) is 19.5. The number of piperidine rings is 1. The third-order valence-electron chi connectivity index (χ3n) is 4.52. The average molecular weight is 322 g/mol. The Morgan fingerprint density at radius 1 is 1.05 bits per heavy atom. The molecule has 2 fully saturated rings. The van der Waals surface area contributed by atoms with Crippen molar-refractivity contribution in [2.75, 3.05) is 26.2 Å². The fourth-order valence-corrected chi connectivity index (χ4v) is 3.32. The van der Waals surface area contributed by atoms with Crippen molar-refractivity contribution in [1.82, 2.24) is 14.8 Å². The molecule has 1 aromatic rings. The van der Waals surface area contributed by atoms with Crippen LogP contribution in [0.25, 0.3) is 0 Å². The number of aromatic nitrogens is 1. The van der Waals surface area contributed by atoms with Crippen LogP contribution in [0.3, 0.4) is 0 Å². The largest absolute Gasteiger partial charge is 0.342 e. The number of carbonyl (C=O) groups excluding carboxylic acids is 2. The van der Waals surface area contributed by atoms with Crippen LogP contribution in [0, 0.1) is 5.92 Å². The van der Waals surface area contributed by atoms with Crippen LogP contribution in [-0.2, 0) is 4.79 Å². The first kappa shape index (κ1) is 15.3. The van der Waals surface area contributed by atoms with E-state index in [9.17, 15) is 9.59 Å². The molecule has 0 unspecified atom stereocenters. The third kappa shape index (κ3) is 3.24. The SMILES string of the molecule is O=C(c1ccc(Cl)nc1)N1CCC(C(=O)N2CCCC2)CC1. The second-order valence-corrected chi connectivity index (χ2v) is 6.36. The van der Waals surface area contributed by atoms with Gasteiger partial charge in [0.15, 0.2) is 0 Å². The Balaban J connectivity index is 1.56. The van der Waals surface area contributed by atoms with Gasteiger partial charge >= 0.3 is 0 Å². The molecule has 0 aromatic carbocycles. The van der Waals surface area contributed by atoms with E-state index in [0.29, 0.717) is 23.8 Å². The van der Waals surface area contributed by atoms with Gasteiger partial charge in [-0.15, -0.1) is 0 Å². The lowest BCUT2D eigenvalue weighted by atomic mass is 9.95. The molecule has 22 heavy (non-hydrogen) atoms. The summed E-state index contributed by atoms with van der Waals surface area (Å²) in [6.45, 7) is 3.06. The monoisotopic (exact) mass is 321 g/mol. The summed E-state index contributed by atoms with van der Waals surface area (Å²) in [4.78, 5) is 32.5. The van der Waals surface area contributed by atoms with Crippen LogP contribution in [0.5, 0.6) is 0 Å². The van der Waals surface area contributed by atoms with Gasteiger partial charge in [-0.1, -0.05) is 11.6 Å². The van der Waals surface area contributed by atoms with E-state index < -0.39 is 0 Å². The van der Waals surface area contributed by atoms with Crippen molar-refractivity contribution in [3.8, 4) is 0 Å². The Morgan fingerprint density at radius 3 is 2.32 bits per heavy atom. The van der Waals surface area contributed by atoms with Crippen molar-refractivity contribution in [1.29, 1.82) is 0 Å². The number of nitrogens with zero attached hydrogens (tertiary/aromatic N) is 3. The van der Waals surface area contributed by atoms with Crippen LogP contribution in [0.4, 0.5) is 0 Å². The molecule has 0 aliphatic carbocycles. The zero-order chi connectivity index (χ0) is 15.5. The number of carbonyl (C=O) groups is 2. The van der Waals surface area contributed by atoms with E-state index in [2.05, 4.69) is 4.98 Å². The second kappa shape index (κ2) is 6.65. The Bertz CT molecular complexity index is 547. The van der Waals surface area contributed by atoms with Crippen molar-refractivity contribution in [2.24, 2.45) is 5.92 Å². The summed E-state index contributed by atoms with van der Waals surface area (Å²) in [6.07, 6.45) is 5.25. The fraction of sp³-hybridized carbons (Fsp3) is 0.562. The van der Waals surface area contributed by atoms with Crippen molar-refractivity contribution in [2.45, 2.75) is 25.7 Å². The van der Waals surface area contributed by atoms with Gasteiger partial charge in [0.2, 0.25) is 5.91 Å². The molecule has 0 radical (unpaired) electrons. The van der Waals surface area contributed by atoms with E-state index >= 15 is 0 Å². The minimum Gasteiger partial charge on any atom is -0.342 e. The Hall–Kier alpha value is -1.62. The molecule has 5 nitrogen and oxygen atoms in total. The molecule has 1 aromatic heterocycles. The van der Waals surface area contributed by atoms with Gasteiger partial charge in [0, 0.05) is 38.3 Å². The molecule has 118 valence electrons. The molecule has 2 amide bonds. The Kier molecular flexibility index (Phi) is 4.62. The van der Waals surface area contributed by atoms with Crippen LogP contribution in [0.15, 0.2) is 18.3 Å². The molecule has 0 bridgehead atoms. The van der Waals surface area contributed by atoms with Gasteiger partial charge in [-0.2, -0.15) is 0 Å². The molecule has 2 aliphatic rings. The van der Waals surface area contributed by atoms with Crippen LogP contribution >= 0.6 is 11.6 Å². The lowest BCUT2D eigenvalue weighted by Crippen LogP contribution is -2.43. The number of likely N-dealkylation sites (tertiary alicyclic amines) is 2. The number of hydrogen-bond acceptors (Lipinski definition) is 3. The molecular formula is C16H20ClN3O2. The molecule has 0 atom stereocenters. The molecule has 2 aliphatic heterocycles. The van der Waals surface area contributed by atoms with Gasteiger partial charge in [0.25, 0.3) is 5.91 Å². The molecule has 0 N–H and O–H groups in total. The van der Waals surface area contributed by atoms with E-state index in [1.807, 2.05) is 4.90 Å². The van der Waals surface area contributed by atoms with Gasteiger partial charge in [0.1, 0.15) is 5.15 Å². The maximum absolute atomic E-state index is 12.4. The number of halogens is 1. The number of amides is 2. The van der Waals surface area contributed by atoms with Crippen LogP contribution < -0.4 is 0 Å². The summed E-state index contributed by atoms with van der Waals surface area (Å²) in [6, 6.07) is 3.32. The maximum atomic E-state index is 12.4. The highest BCUT2D eigenvalue weighted by Gasteiger charge is 2.31. The minimum absolute atomic E-state index is 0.0313. The minimum atomic E-state index is -0.0313. The Labute approximate surface area is 135 Å². The molecule has 0 saturated carbocycles. The molecule has 3 rings (SSSR count). The van der Waals surface area contributed by atoms with Crippen molar-refractivity contribution >= 4 is 23.4 Å². The van der Waals surface area contributed by atoms with Crippen molar-refractivity contribution in [3.63, 3.8) is 0 Å². The van der Waals surface area contributed by atoms with Crippen LogP contribution in [0.1, 0.15) is 36.0 Å². The first-order valence-corrected chi connectivity index (χ1v) is 8.22. The topological polar surface area (TPSA) is 53.5 Å². The first-order chi connectivity index (χ1) is 10.6. The van der Waals surface area contributed by atoms with Gasteiger partial charge in [-0.3, -0.25) is 9.59 Å². The van der Waals surface area contributed by atoms with Crippen LogP contribution in [-0.4, -0.2) is 52.8 Å². The molecular weight excluding hydrogens is 302 g/mol. The van der Waals surface area contributed by atoms with Gasteiger partial charge in [0.05, 0.1) is 5.56 Å². The predicted octanol–water partition coefficient (Wildman–Crippen LogP) is 2.21. The van der Waals surface area contributed by atoms with Gasteiger partial charge in [-0.25, -0.2) is 4.98 Å². The molecule has 0 spiro atoms. The molecule has 6 heteroatoms. The molecule has 3 heterocycles. The van der Waals surface area contributed by atoms with Gasteiger partial charge < -0.3 is 9.80 Å². The zero-order valence-electron chi connectivity index (χ0n) is 12.5. The maximum Gasteiger partial charge on any atom is 0.255 e. The summed E-state index contributed by atoms with van der Waals surface area (Å²) < 4.78 is 0. The lowest BCUT2D eigenvalue weighted by Gasteiger charge is -2.33. The predicted molar refractivity (Wildman–Crippen MR) is 83.7 cm³/mol. The lowest BCUT2D eigenvalue weighted by molar-refractivity contribution is -0.135. The summed E-state index contributed by atoms with van der Waals surface area (Å²) in [5, 5.41) is 0.381. The fourth-order valence-electron chi connectivity index (χ4n) is 3.21. The summed E-state index contributed by atoms with van der Waals surface area (Å²) >= 11 is 5.74. The standard InChI is InChI=1S/C16H20ClN3O2/c17-14-4-3-13(11-18-14)16(22)20-9-5-12(6-10-20)15(21)19-7-1-2-8-19/h3-4,11-12H,1-2,5-10H2. The quantitative estimate of drug-likeness (QED) is 0.785. The summed E-state index contributed by atoms with van der Waals surface area (Å²) in [5.74, 6) is 0.319. The highest BCUT2D eigenvalue weighted by atomic mass is 35.5. The van der Waals surface area contributed by atoms with Gasteiger partial charge in [-0.05, 0) is 37.8 Å². The molecule has 2 saturated heterocycles. The average Bonchev–Trinajstić information content (AvgIpc) is 3.09. The summed E-state index contributed by atoms with van der Waals surface area (Å²) in [7, 11) is 0. The first-order valence-electron chi connectivity index (χ1n) is 7.85.